The minimum absolute atomic E-state index is 0.198. The molecule has 0 aliphatic carbocycles. The zero-order valence-corrected chi connectivity index (χ0v) is 10.8. The molecule has 1 amide bonds. The van der Waals surface area contributed by atoms with Gasteiger partial charge in [0.1, 0.15) is 0 Å². The van der Waals surface area contributed by atoms with Crippen molar-refractivity contribution in [2.75, 3.05) is 0 Å². The van der Waals surface area contributed by atoms with Crippen molar-refractivity contribution in [1.82, 2.24) is 10.3 Å². The van der Waals surface area contributed by atoms with Crippen LogP contribution < -0.4 is 5.32 Å². The summed E-state index contributed by atoms with van der Waals surface area (Å²) in [6.45, 7) is 2.35. The van der Waals surface area contributed by atoms with E-state index in [0.717, 1.165) is 10.6 Å². The monoisotopic (exact) mass is 266 g/mol. The Morgan fingerprint density at radius 2 is 2.41 bits per heavy atom. The lowest BCUT2D eigenvalue weighted by Gasteiger charge is -2.05. The smallest absolute Gasteiger partial charge is 0.254 e. The number of thiophene rings is 1. The molecule has 88 valence electrons. The molecule has 3 nitrogen and oxygen atoms in total. The first-order chi connectivity index (χ1) is 8.16. The van der Waals surface area contributed by atoms with Gasteiger partial charge in [-0.15, -0.1) is 11.3 Å². The third-order valence-corrected chi connectivity index (χ3v) is 3.43. The van der Waals surface area contributed by atoms with Crippen molar-refractivity contribution in [2.45, 2.75) is 13.5 Å². The Bertz CT molecular complexity index is 525. The summed E-state index contributed by atoms with van der Waals surface area (Å²) in [5.41, 5.74) is 1.21. The van der Waals surface area contributed by atoms with Crippen molar-refractivity contribution in [3.63, 3.8) is 0 Å². The Kier molecular flexibility index (Phi) is 3.76. The first-order valence-electron chi connectivity index (χ1n) is 5.09. The van der Waals surface area contributed by atoms with E-state index in [1.807, 2.05) is 24.4 Å². The number of nitrogens with one attached hydrogen (secondary N) is 1. The molecule has 5 heteroatoms. The summed E-state index contributed by atoms with van der Waals surface area (Å²) in [4.78, 5) is 17.0. The number of rotatable bonds is 3. The van der Waals surface area contributed by atoms with E-state index in [-0.39, 0.29) is 5.91 Å². The Morgan fingerprint density at radius 1 is 1.59 bits per heavy atom. The van der Waals surface area contributed by atoms with Gasteiger partial charge in [0.05, 0.1) is 17.1 Å². The van der Waals surface area contributed by atoms with Crippen LogP contribution in [0.4, 0.5) is 0 Å². The Hall–Kier alpha value is -1.39. The normalized spacial score (nSPS) is 10.2. The van der Waals surface area contributed by atoms with Gasteiger partial charge in [-0.1, -0.05) is 17.7 Å². The van der Waals surface area contributed by atoms with E-state index in [9.17, 15) is 4.79 Å². The van der Waals surface area contributed by atoms with E-state index in [2.05, 4.69) is 10.3 Å². The van der Waals surface area contributed by atoms with Crippen molar-refractivity contribution in [3.8, 4) is 0 Å². The fraction of sp³-hybridized carbons (Fsp3) is 0.167. The summed E-state index contributed by atoms with van der Waals surface area (Å²) in [6.07, 6.45) is 1.50. The Morgan fingerprint density at radius 3 is 3.06 bits per heavy atom. The summed E-state index contributed by atoms with van der Waals surface area (Å²) >= 11 is 7.59. The second-order valence-electron chi connectivity index (χ2n) is 3.57. The molecule has 17 heavy (non-hydrogen) atoms. The molecule has 0 aliphatic rings. The second kappa shape index (κ2) is 5.29. The van der Waals surface area contributed by atoms with Gasteiger partial charge < -0.3 is 5.32 Å². The van der Waals surface area contributed by atoms with Gasteiger partial charge in [0, 0.05) is 16.8 Å². The number of carbonyl (C=O) groups excluding carboxylic acids is 1. The van der Waals surface area contributed by atoms with Crippen molar-refractivity contribution in [1.29, 1.82) is 0 Å². The zero-order valence-electron chi connectivity index (χ0n) is 9.24. The van der Waals surface area contributed by atoms with Crippen LogP contribution in [0.3, 0.4) is 0 Å². The highest BCUT2D eigenvalue weighted by Gasteiger charge is 2.10. The molecule has 0 unspecified atom stereocenters. The predicted octanol–water partition coefficient (Wildman–Crippen LogP) is 3.03. The van der Waals surface area contributed by atoms with Crippen LogP contribution in [0, 0.1) is 6.92 Å². The van der Waals surface area contributed by atoms with Crippen LogP contribution in [-0.2, 0) is 6.54 Å². The average molecular weight is 267 g/mol. The largest absolute Gasteiger partial charge is 0.347 e. The average Bonchev–Trinajstić information content (AvgIpc) is 2.78. The molecule has 0 aromatic carbocycles. The minimum Gasteiger partial charge on any atom is -0.347 e. The van der Waals surface area contributed by atoms with Crippen LogP contribution in [0.25, 0.3) is 0 Å². The molecule has 0 atom stereocenters. The van der Waals surface area contributed by atoms with Crippen LogP contribution >= 0.6 is 22.9 Å². The van der Waals surface area contributed by atoms with Crippen molar-refractivity contribution in [3.05, 3.63) is 50.9 Å². The molecule has 0 fully saturated rings. The number of aryl methyl sites for hydroxylation is 1. The van der Waals surface area contributed by atoms with Gasteiger partial charge in [0.15, 0.2) is 0 Å². The molecular weight excluding hydrogens is 256 g/mol. The number of halogens is 1. The van der Waals surface area contributed by atoms with E-state index in [1.165, 1.54) is 6.20 Å². The maximum Gasteiger partial charge on any atom is 0.254 e. The van der Waals surface area contributed by atoms with E-state index in [0.29, 0.717) is 17.1 Å². The Balaban J connectivity index is 2.04. The van der Waals surface area contributed by atoms with Crippen molar-refractivity contribution in [2.24, 2.45) is 0 Å². The first-order valence-corrected chi connectivity index (χ1v) is 6.35. The highest BCUT2D eigenvalue weighted by molar-refractivity contribution is 7.09. The van der Waals surface area contributed by atoms with E-state index in [1.54, 1.807) is 17.4 Å². The number of hydrogen-bond acceptors (Lipinski definition) is 3. The SMILES string of the molecule is Cc1cc(Cl)c(C(=O)NCc2cccs2)cn1. The molecule has 0 aliphatic heterocycles. The summed E-state index contributed by atoms with van der Waals surface area (Å²) in [7, 11) is 0. The van der Waals surface area contributed by atoms with E-state index in [4.69, 9.17) is 11.6 Å². The fourth-order valence-electron chi connectivity index (χ4n) is 1.37. The van der Waals surface area contributed by atoms with Crippen LogP contribution in [-0.4, -0.2) is 10.9 Å². The van der Waals surface area contributed by atoms with Gasteiger partial charge in [0.2, 0.25) is 0 Å². The molecule has 2 aromatic heterocycles. The van der Waals surface area contributed by atoms with Gasteiger partial charge >= 0.3 is 0 Å². The van der Waals surface area contributed by atoms with Crippen LogP contribution in [0.15, 0.2) is 29.8 Å². The number of carbonyl (C=O) groups is 1. The fourth-order valence-corrected chi connectivity index (χ4v) is 2.31. The molecule has 2 heterocycles. The topological polar surface area (TPSA) is 42.0 Å². The molecular formula is C12H11ClN2OS. The molecule has 1 N–H and O–H groups in total. The third kappa shape index (κ3) is 3.05. The molecule has 0 spiro atoms. The van der Waals surface area contributed by atoms with Gasteiger partial charge in [0.25, 0.3) is 5.91 Å². The van der Waals surface area contributed by atoms with Crippen LogP contribution in [0.5, 0.6) is 0 Å². The maximum atomic E-state index is 11.8. The number of amides is 1. The first kappa shape index (κ1) is 12.1. The van der Waals surface area contributed by atoms with Gasteiger partial charge in [-0.3, -0.25) is 9.78 Å². The van der Waals surface area contributed by atoms with Crippen LogP contribution in [0.1, 0.15) is 20.9 Å². The lowest BCUT2D eigenvalue weighted by molar-refractivity contribution is 0.0951. The molecule has 2 aromatic rings. The van der Waals surface area contributed by atoms with Gasteiger partial charge in [-0.25, -0.2) is 0 Å². The van der Waals surface area contributed by atoms with E-state index < -0.39 is 0 Å². The molecule has 0 radical (unpaired) electrons. The minimum atomic E-state index is -0.198. The summed E-state index contributed by atoms with van der Waals surface area (Å²) in [5.74, 6) is -0.198. The third-order valence-electron chi connectivity index (χ3n) is 2.24. The highest BCUT2D eigenvalue weighted by Crippen LogP contribution is 2.16. The molecule has 0 bridgehead atoms. The summed E-state index contributed by atoms with van der Waals surface area (Å²) in [5, 5.41) is 5.21. The van der Waals surface area contributed by atoms with Gasteiger partial charge in [-0.2, -0.15) is 0 Å². The summed E-state index contributed by atoms with van der Waals surface area (Å²) in [6, 6.07) is 5.61. The van der Waals surface area contributed by atoms with Crippen molar-refractivity contribution < 1.29 is 4.79 Å². The predicted molar refractivity (Wildman–Crippen MR) is 69.5 cm³/mol. The number of pyridine rings is 1. The number of nitrogens with zero attached hydrogens (tertiary/aromatic N) is 1. The number of hydrogen-bond donors (Lipinski definition) is 1. The van der Waals surface area contributed by atoms with Crippen molar-refractivity contribution >= 4 is 28.8 Å². The molecule has 0 saturated carbocycles. The molecule has 2 rings (SSSR count). The van der Waals surface area contributed by atoms with E-state index >= 15 is 0 Å². The van der Waals surface area contributed by atoms with Crippen LogP contribution in [0.2, 0.25) is 5.02 Å². The zero-order chi connectivity index (χ0) is 12.3. The lowest BCUT2D eigenvalue weighted by atomic mass is 10.2. The Labute approximate surface area is 108 Å². The summed E-state index contributed by atoms with van der Waals surface area (Å²) < 4.78 is 0. The standard InChI is InChI=1S/C12H11ClN2OS/c1-8-5-11(13)10(7-14-8)12(16)15-6-9-3-2-4-17-9/h2-5,7H,6H2,1H3,(H,15,16). The highest BCUT2D eigenvalue weighted by atomic mass is 35.5. The van der Waals surface area contributed by atoms with Gasteiger partial charge in [-0.05, 0) is 24.4 Å². The lowest BCUT2D eigenvalue weighted by Crippen LogP contribution is -2.22. The number of aromatic nitrogens is 1. The maximum absolute atomic E-state index is 11.8. The quantitative estimate of drug-likeness (QED) is 0.928. The molecule has 0 saturated heterocycles. The second-order valence-corrected chi connectivity index (χ2v) is 5.01.